The smallest absolute Gasteiger partial charge is 0.341 e. The quantitative estimate of drug-likeness (QED) is 0.452. The number of hydrogen-bond donors (Lipinski definition) is 3. The number of aliphatic hydroxyl groups is 1. The standard InChI is InChI=1S/C18H14BF3N2O4/c1-6-14(21)15(22)13(19)12-16(6)24(4-8(17(12)26)18(27)28)11-3-10(23)9(20)2-7(11)5-25/h2-4,25H,5,19,23H2,1H3,(H,27,28). The maximum absolute atomic E-state index is 14.4. The number of halogens is 3. The van der Waals surface area contributed by atoms with Crippen LogP contribution in [0.4, 0.5) is 18.9 Å². The summed E-state index contributed by atoms with van der Waals surface area (Å²) in [6, 6.07) is 2.06. The molecule has 0 saturated heterocycles. The predicted octanol–water partition coefficient (Wildman–Crippen LogP) is 0.748. The largest absolute Gasteiger partial charge is 0.477 e. The van der Waals surface area contributed by atoms with Crippen LogP contribution in [0, 0.1) is 24.4 Å². The zero-order valence-electron chi connectivity index (χ0n) is 14.8. The molecule has 0 aliphatic carbocycles. The second kappa shape index (κ2) is 6.72. The van der Waals surface area contributed by atoms with Crippen molar-refractivity contribution in [3.8, 4) is 5.69 Å². The second-order valence-electron chi connectivity index (χ2n) is 6.31. The number of nitrogen functional groups attached to an aromatic ring is 1. The number of carboxylic acids is 1. The third-order valence-electron chi connectivity index (χ3n) is 4.65. The van der Waals surface area contributed by atoms with Gasteiger partial charge in [0.05, 0.1) is 23.5 Å². The van der Waals surface area contributed by atoms with Crippen molar-refractivity contribution in [2.24, 2.45) is 0 Å². The van der Waals surface area contributed by atoms with E-state index in [1.165, 1.54) is 6.92 Å². The van der Waals surface area contributed by atoms with Gasteiger partial charge in [0, 0.05) is 22.7 Å². The molecule has 28 heavy (non-hydrogen) atoms. The van der Waals surface area contributed by atoms with E-state index in [1.807, 2.05) is 0 Å². The number of hydrogen-bond acceptors (Lipinski definition) is 4. The Morgan fingerprint density at radius 2 is 1.89 bits per heavy atom. The third kappa shape index (κ3) is 2.73. The number of pyridine rings is 1. The lowest BCUT2D eigenvalue weighted by atomic mass is 9.87. The molecule has 10 heteroatoms. The molecule has 6 nitrogen and oxygen atoms in total. The van der Waals surface area contributed by atoms with Crippen molar-refractivity contribution in [1.29, 1.82) is 0 Å². The zero-order valence-corrected chi connectivity index (χ0v) is 14.8. The van der Waals surface area contributed by atoms with Gasteiger partial charge in [-0.1, -0.05) is 0 Å². The Labute approximate surface area is 157 Å². The van der Waals surface area contributed by atoms with E-state index in [9.17, 15) is 33.0 Å². The van der Waals surface area contributed by atoms with Gasteiger partial charge in [-0.05, 0) is 24.5 Å². The van der Waals surface area contributed by atoms with E-state index in [0.29, 0.717) is 0 Å². The number of carboxylic acid groups (broad SMARTS) is 1. The summed E-state index contributed by atoms with van der Waals surface area (Å²) < 4.78 is 43.6. The molecule has 0 aliphatic heterocycles. The number of carbonyl (C=O) groups is 1. The SMILES string of the molecule is Bc1c(F)c(F)c(C)c2c1c(=O)c(C(=O)O)cn2-c1cc(N)c(F)cc1CO. The number of aliphatic hydroxyl groups excluding tert-OH is 1. The topological polar surface area (TPSA) is 106 Å². The number of aryl methyl sites for hydroxylation is 1. The number of benzene rings is 2. The fourth-order valence-corrected chi connectivity index (χ4v) is 3.19. The first-order chi connectivity index (χ1) is 13.1. The van der Waals surface area contributed by atoms with Crippen LogP contribution >= 0.6 is 0 Å². The molecule has 3 aromatic rings. The number of aromatic nitrogens is 1. The fourth-order valence-electron chi connectivity index (χ4n) is 3.19. The Kier molecular flexibility index (Phi) is 4.68. The molecule has 0 atom stereocenters. The van der Waals surface area contributed by atoms with Crippen LogP contribution in [0.5, 0.6) is 0 Å². The lowest BCUT2D eigenvalue weighted by Gasteiger charge is -2.19. The number of aromatic carboxylic acids is 1. The van der Waals surface area contributed by atoms with Crippen molar-refractivity contribution in [1.82, 2.24) is 4.57 Å². The normalized spacial score (nSPS) is 11.2. The number of anilines is 1. The summed E-state index contributed by atoms with van der Waals surface area (Å²) in [5, 5.41) is 18.6. The van der Waals surface area contributed by atoms with Crippen molar-refractivity contribution < 1.29 is 28.2 Å². The van der Waals surface area contributed by atoms with E-state index in [4.69, 9.17) is 5.73 Å². The molecule has 0 spiro atoms. The summed E-state index contributed by atoms with van der Waals surface area (Å²) in [6.07, 6.45) is 0.919. The molecule has 1 heterocycles. The van der Waals surface area contributed by atoms with E-state index < -0.39 is 41.0 Å². The van der Waals surface area contributed by atoms with Crippen LogP contribution in [0.2, 0.25) is 0 Å². The Hall–Kier alpha value is -3.27. The third-order valence-corrected chi connectivity index (χ3v) is 4.65. The first kappa shape index (κ1) is 19.5. The molecular weight excluding hydrogens is 376 g/mol. The molecule has 2 aromatic carbocycles. The summed E-state index contributed by atoms with van der Waals surface area (Å²) in [4.78, 5) is 24.2. The number of nitrogens with two attached hydrogens (primary N) is 1. The molecule has 0 unspecified atom stereocenters. The molecule has 0 aliphatic rings. The molecule has 0 fully saturated rings. The monoisotopic (exact) mass is 390 g/mol. The molecule has 0 amide bonds. The van der Waals surface area contributed by atoms with Crippen molar-refractivity contribution in [3.05, 3.63) is 62.7 Å². The lowest BCUT2D eigenvalue weighted by Crippen LogP contribution is -2.27. The van der Waals surface area contributed by atoms with E-state index >= 15 is 0 Å². The van der Waals surface area contributed by atoms with Crippen LogP contribution < -0.4 is 16.6 Å². The van der Waals surface area contributed by atoms with Gasteiger partial charge in [0.2, 0.25) is 5.43 Å². The molecule has 0 bridgehead atoms. The lowest BCUT2D eigenvalue weighted by molar-refractivity contribution is 0.0695. The number of rotatable bonds is 3. The fraction of sp³-hybridized carbons (Fsp3) is 0.111. The molecular formula is C18H14BF3N2O4. The van der Waals surface area contributed by atoms with Crippen LogP contribution in [0.1, 0.15) is 21.5 Å². The van der Waals surface area contributed by atoms with E-state index in [1.54, 1.807) is 0 Å². The maximum atomic E-state index is 14.4. The summed E-state index contributed by atoms with van der Waals surface area (Å²) >= 11 is 0. The molecule has 144 valence electrons. The molecule has 3 rings (SSSR count). The predicted molar refractivity (Wildman–Crippen MR) is 99.6 cm³/mol. The summed E-state index contributed by atoms with van der Waals surface area (Å²) in [5.41, 5.74) is 2.92. The highest BCUT2D eigenvalue weighted by molar-refractivity contribution is 6.39. The number of fused-ring (bicyclic) bond motifs is 1. The Balaban J connectivity index is 2.65. The number of nitrogens with zero attached hydrogens (tertiary/aromatic N) is 1. The highest BCUT2D eigenvalue weighted by Crippen LogP contribution is 2.28. The Bertz CT molecular complexity index is 1220. The highest BCUT2D eigenvalue weighted by atomic mass is 19.2. The minimum Gasteiger partial charge on any atom is -0.477 e. The van der Waals surface area contributed by atoms with Gasteiger partial charge >= 0.3 is 5.97 Å². The minimum absolute atomic E-state index is 0.00905. The summed E-state index contributed by atoms with van der Waals surface area (Å²) in [5.74, 6) is -4.87. The van der Waals surface area contributed by atoms with Crippen LogP contribution in [0.15, 0.2) is 23.1 Å². The Morgan fingerprint density at radius 1 is 1.25 bits per heavy atom. The summed E-state index contributed by atoms with van der Waals surface area (Å²) in [7, 11) is 1.16. The zero-order chi connectivity index (χ0) is 20.9. The summed E-state index contributed by atoms with van der Waals surface area (Å²) in [6.45, 7) is 0.576. The van der Waals surface area contributed by atoms with Crippen LogP contribution in [0.25, 0.3) is 16.6 Å². The van der Waals surface area contributed by atoms with Crippen LogP contribution in [-0.2, 0) is 6.61 Å². The van der Waals surface area contributed by atoms with Gasteiger partial charge in [0.25, 0.3) is 0 Å². The van der Waals surface area contributed by atoms with Crippen LogP contribution in [0.3, 0.4) is 0 Å². The molecule has 0 radical (unpaired) electrons. The van der Waals surface area contributed by atoms with Gasteiger partial charge in [0.15, 0.2) is 11.6 Å². The van der Waals surface area contributed by atoms with Gasteiger partial charge in [-0.25, -0.2) is 18.0 Å². The second-order valence-corrected chi connectivity index (χ2v) is 6.31. The van der Waals surface area contributed by atoms with Gasteiger partial charge in [-0.3, -0.25) is 4.79 Å². The van der Waals surface area contributed by atoms with Gasteiger partial charge in [-0.2, -0.15) is 0 Å². The van der Waals surface area contributed by atoms with Crippen molar-refractivity contribution in [2.75, 3.05) is 5.73 Å². The van der Waals surface area contributed by atoms with Crippen molar-refractivity contribution in [3.63, 3.8) is 0 Å². The molecule has 0 saturated carbocycles. The van der Waals surface area contributed by atoms with Gasteiger partial charge < -0.3 is 20.5 Å². The van der Waals surface area contributed by atoms with Crippen molar-refractivity contribution >= 4 is 35.9 Å². The molecule has 4 N–H and O–H groups in total. The maximum Gasteiger partial charge on any atom is 0.341 e. The van der Waals surface area contributed by atoms with Crippen LogP contribution in [-0.4, -0.2) is 28.6 Å². The first-order valence-corrected chi connectivity index (χ1v) is 8.06. The van der Waals surface area contributed by atoms with Gasteiger partial charge in [0.1, 0.15) is 19.2 Å². The van der Waals surface area contributed by atoms with Crippen molar-refractivity contribution in [2.45, 2.75) is 13.5 Å². The van der Waals surface area contributed by atoms with E-state index in [0.717, 1.165) is 30.7 Å². The van der Waals surface area contributed by atoms with E-state index in [2.05, 4.69) is 0 Å². The molecule has 1 aromatic heterocycles. The highest BCUT2D eigenvalue weighted by Gasteiger charge is 2.24. The Morgan fingerprint density at radius 3 is 2.46 bits per heavy atom. The van der Waals surface area contributed by atoms with Gasteiger partial charge in [-0.15, -0.1) is 0 Å². The average Bonchev–Trinajstić information content (AvgIpc) is 2.65. The minimum atomic E-state index is -1.58. The first-order valence-electron chi connectivity index (χ1n) is 8.06. The average molecular weight is 390 g/mol. The van der Waals surface area contributed by atoms with E-state index in [-0.39, 0.29) is 38.9 Å².